The summed E-state index contributed by atoms with van der Waals surface area (Å²) >= 11 is 1.31. The Morgan fingerprint density at radius 1 is 1.04 bits per heavy atom. The molecule has 2 aromatic rings. The van der Waals surface area contributed by atoms with Crippen LogP contribution >= 0.6 is 11.8 Å². The van der Waals surface area contributed by atoms with Crippen molar-refractivity contribution in [2.45, 2.75) is 31.1 Å². The second-order valence-corrected chi connectivity index (χ2v) is 11.4. The summed E-state index contributed by atoms with van der Waals surface area (Å²) in [7, 11) is 0. The van der Waals surface area contributed by atoms with E-state index in [0.717, 1.165) is 11.0 Å². The van der Waals surface area contributed by atoms with E-state index in [9.17, 15) is 47.4 Å². The van der Waals surface area contributed by atoms with E-state index in [2.05, 4.69) is 0 Å². The molecule has 3 aliphatic rings. The van der Waals surface area contributed by atoms with Crippen LogP contribution in [0.1, 0.15) is 17.3 Å². The minimum atomic E-state index is -5.08. The molecule has 0 bridgehead atoms. The number of fused-ring (bicyclic) bond motifs is 2. The molecular weight excluding hydrogens is 662 g/mol. The molecule has 15 nitrogen and oxygen atoms in total. The van der Waals surface area contributed by atoms with Crippen LogP contribution in [0.5, 0.6) is 0 Å². The Balaban J connectivity index is 0.000000644. The highest BCUT2D eigenvalue weighted by atomic mass is 32.2. The number of aromatic carboxylic acids is 1. The van der Waals surface area contributed by atoms with Crippen LogP contribution in [0, 0.1) is 5.82 Å². The number of carboxylic acids is 3. The van der Waals surface area contributed by atoms with Crippen molar-refractivity contribution in [3.05, 3.63) is 51.2 Å². The van der Waals surface area contributed by atoms with Gasteiger partial charge in [0.15, 0.2) is 0 Å². The summed E-state index contributed by atoms with van der Waals surface area (Å²) in [6.45, 7) is 2.72. The fourth-order valence-electron chi connectivity index (χ4n) is 5.12. The molecule has 0 spiro atoms. The van der Waals surface area contributed by atoms with Crippen molar-refractivity contribution in [2.24, 2.45) is 5.73 Å². The minimum Gasteiger partial charge on any atom is -0.477 e. The number of nitrogens with two attached hydrogens (primary N) is 1. The number of β-lactam (4-membered cyclic amide) rings is 1. The van der Waals surface area contributed by atoms with Gasteiger partial charge < -0.3 is 40.2 Å². The standard InChI is InChI=1S/C25H26FN5O8S.C2HF3O2/c1-2-28-9-14(23(34)35)20(32)13-7-15(26)17(8-16(13)28)29-3-5-30(6-4-29)25(38)39-10-12-11-40-22-18(27)21(33)31(22)19(12)24(36)37;3-2(4,5)1(6)7/h7-9,18,22H,2-6,10-11,27H2,1H3,(H,34,35)(H,36,37);(H,6,7)/t18-,22-;/m0./s1. The molecule has 47 heavy (non-hydrogen) atoms. The molecule has 0 unspecified atom stereocenters. The molecule has 2 atom stereocenters. The van der Waals surface area contributed by atoms with E-state index in [0.29, 0.717) is 17.6 Å². The van der Waals surface area contributed by atoms with Crippen molar-refractivity contribution in [2.75, 3.05) is 43.4 Å². The Bertz CT molecular complexity index is 1740. The Hall–Kier alpha value is -4.85. The SMILES string of the molecule is CCn1cc(C(=O)O)c(=O)c2cc(F)c(N3CCN(C(=O)OCC4=C(C(=O)O)N5C(=O)[C@H](N)[C@@H]5SC4)CC3)cc21.O=C(O)C(F)(F)F. The minimum absolute atomic E-state index is 0.0330. The number of aromatic nitrogens is 1. The van der Waals surface area contributed by atoms with E-state index in [1.165, 1.54) is 28.9 Å². The van der Waals surface area contributed by atoms with Crippen LogP contribution in [0.25, 0.3) is 10.9 Å². The quantitative estimate of drug-likeness (QED) is 0.249. The molecular formula is C27H27F4N5O10S. The van der Waals surface area contributed by atoms with E-state index in [1.54, 1.807) is 16.4 Å². The molecule has 2 amide bonds. The number of carbonyl (C=O) groups excluding carboxylic acids is 2. The maximum Gasteiger partial charge on any atom is 0.490 e. The largest absolute Gasteiger partial charge is 0.490 e. The van der Waals surface area contributed by atoms with Gasteiger partial charge in [-0.25, -0.2) is 23.6 Å². The van der Waals surface area contributed by atoms with E-state index < -0.39 is 64.3 Å². The molecule has 5 rings (SSSR count). The van der Waals surface area contributed by atoms with Crippen LogP contribution in [-0.2, 0) is 25.7 Å². The van der Waals surface area contributed by atoms with E-state index >= 15 is 4.39 Å². The number of carboxylic acid groups (broad SMARTS) is 3. The van der Waals surface area contributed by atoms with Crippen LogP contribution in [0.2, 0.25) is 0 Å². The van der Waals surface area contributed by atoms with Gasteiger partial charge in [-0.2, -0.15) is 13.2 Å². The molecule has 1 aromatic heterocycles. The van der Waals surface area contributed by atoms with Gasteiger partial charge in [-0.3, -0.25) is 14.5 Å². The van der Waals surface area contributed by atoms with E-state index in [-0.39, 0.29) is 55.3 Å². The molecule has 0 aliphatic carbocycles. The van der Waals surface area contributed by atoms with Crippen LogP contribution in [0.3, 0.4) is 0 Å². The van der Waals surface area contributed by atoms with Crippen LogP contribution in [0.15, 0.2) is 34.4 Å². The first kappa shape index (κ1) is 35.0. The Morgan fingerprint density at radius 3 is 2.19 bits per heavy atom. The highest BCUT2D eigenvalue weighted by Gasteiger charge is 2.51. The second-order valence-electron chi connectivity index (χ2n) is 10.3. The van der Waals surface area contributed by atoms with Crippen molar-refractivity contribution in [3.8, 4) is 0 Å². The summed E-state index contributed by atoms with van der Waals surface area (Å²) in [5.74, 6) is -6.37. The first-order valence-corrected chi connectivity index (χ1v) is 14.7. The maximum absolute atomic E-state index is 15.1. The second kappa shape index (κ2) is 13.5. The Labute approximate surface area is 265 Å². The molecule has 2 saturated heterocycles. The van der Waals surface area contributed by atoms with Gasteiger partial charge in [-0.1, -0.05) is 0 Å². The molecule has 1 aromatic carbocycles. The fourth-order valence-corrected chi connectivity index (χ4v) is 6.39. The molecule has 2 fully saturated rings. The van der Waals surface area contributed by atoms with Crippen LogP contribution < -0.4 is 16.1 Å². The molecule has 3 aliphatic heterocycles. The lowest BCUT2D eigenvalue weighted by Crippen LogP contribution is -2.68. The van der Waals surface area contributed by atoms with Crippen molar-refractivity contribution in [1.29, 1.82) is 0 Å². The highest BCUT2D eigenvalue weighted by Crippen LogP contribution is 2.39. The first-order chi connectivity index (χ1) is 22.0. The van der Waals surface area contributed by atoms with Gasteiger partial charge in [0.1, 0.15) is 35.1 Å². The summed E-state index contributed by atoms with van der Waals surface area (Å²) in [5.41, 5.74) is 5.25. The highest BCUT2D eigenvalue weighted by molar-refractivity contribution is 8.00. The number of pyridine rings is 1. The number of hydrogen-bond donors (Lipinski definition) is 4. The van der Waals surface area contributed by atoms with Crippen molar-refractivity contribution in [1.82, 2.24) is 14.4 Å². The van der Waals surface area contributed by atoms with Crippen LogP contribution in [-0.4, -0.2) is 116 Å². The molecule has 0 saturated carbocycles. The number of halogens is 4. The fraction of sp³-hybridized carbons (Fsp3) is 0.407. The van der Waals surface area contributed by atoms with Gasteiger partial charge in [0.25, 0.3) is 0 Å². The predicted octanol–water partition coefficient (Wildman–Crippen LogP) is 1.33. The Morgan fingerprint density at radius 2 is 1.66 bits per heavy atom. The number of benzene rings is 1. The summed E-state index contributed by atoms with van der Waals surface area (Å²) in [6.07, 6.45) is -4.51. The zero-order chi connectivity index (χ0) is 35.0. The average molecular weight is 690 g/mol. The molecule has 20 heteroatoms. The zero-order valence-electron chi connectivity index (χ0n) is 24.3. The molecule has 254 valence electrons. The van der Waals surface area contributed by atoms with E-state index in [1.807, 2.05) is 0 Å². The van der Waals surface area contributed by atoms with Gasteiger partial charge in [-0.05, 0) is 19.1 Å². The number of thioether (sulfide) groups is 1. The number of alkyl halides is 3. The topological polar surface area (TPSA) is 213 Å². The number of amides is 2. The third-order valence-corrected chi connectivity index (χ3v) is 8.86. The number of rotatable bonds is 6. The van der Waals surface area contributed by atoms with Crippen molar-refractivity contribution in [3.63, 3.8) is 0 Å². The van der Waals surface area contributed by atoms with E-state index in [4.69, 9.17) is 20.4 Å². The third-order valence-electron chi connectivity index (χ3n) is 7.50. The maximum atomic E-state index is 15.1. The van der Waals surface area contributed by atoms with Gasteiger partial charge >= 0.3 is 30.2 Å². The first-order valence-electron chi connectivity index (χ1n) is 13.7. The van der Waals surface area contributed by atoms with Gasteiger partial charge in [0.05, 0.1) is 11.2 Å². The normalized spacial score (nSPS) is 19.4. The molecule has 4 heterocycles. The number of ether oxygens (including phenoxy) is 1. The summed E-state index contributed by atoms with van der Waals surface area (Å²) < 4.78 is 53.8. The monoisotopic (exact) mass is 689 g/mol. The lowest BCUT2D eigenvalue weighted by Gasteiger charge is -2.47. The lowest BCUT2D eigenvalue weighted by molar-refractivity contribution is -0.192. The number of piperazine rings is 1. The number of nitrogens with zero attached hydrogens (tertiary/aromatic N) is 4. The van der Waals surface area contributed by atoms with Gasteiger partial charge in [-0.15, -0.1) is 11.8 Å². The number of anilines is 1. The third kappa shape index (κ3) is 6.97. The molecule has 5 N–H and O–H groups in total. The predicted molar refractivity (Wildman–Crippen MR) is 155 cm³/mol. The summed E-state index contributed by atoms with van der Waals surface area (Å²) in [6, 6.07) is 1.79. The zero-order valence-corrected chi connectivity index (χ0v) is 25.1. The Kier molecular flexibility index (Phi) is 10.0. The van der Waals surface area contributed by atoms with Gasteiger partial charge in [0.2, 0.25) is 11.3 Å². The van der Waals surface area contributed by atoms with Crippen LogP contribution in [0.4, 0.5) is 28.0 Å². The number of aryl methyl sites for hydroxylation is 1. The smallest absolute Gasteiger partial charge is 0.477 e. The summed E-state index contributed by atoms with van der Waals surface area (Å²) in [5, 5.41) is 25.6. The number of aliphatic carboxylic acids is 2. The van der Waals surface area contributed by atoms with Gasteiger partial charge in [0, 0.05) is 55.6 Å². The lowest BCUT2D eigenvalue weighted by atomic mass is 10.0. The number of hydrogen-bond acceptors (Lipinski definition) is 10. The summed E-state index contributed by atoms with van der Waals surface area (Å²) in [4.78, 5) is 73.8. The van der Waals surface area contributed by atoms with Crippen molar-refractivity contribution >= 4 is 58.3 Å². The average Bonchev–Trinajstić information content (AvgIpc) is 3.02. The number of carbonyl (C=O) groups is 5. The molecule has 0 radical (unpaired) electrons. The van der Waals surface area contributed by atoms with Crippen molar-refractivity contribution < 1.29 is 61.6 Å².